The van der Waals surface area contributed by atoms with Crippen LogP contribution in [0, 0.1) is 5.92 Å². The van der Waals surface area contributed by atoms with Crippen molar-refractivity contribution < 1.29 is 14.8 Å². The molecule has 1 unspecified atom stereocenters. The van der Waals surface area contributed by atoms with Gasteiger partial charge in [-0.05, 0) is 36.5 Å². The zero-order valence-electron chi connectivity index (χ0n) is 14.6. The van der Waals surface area contributed by atoms with Crippen LogP contribution in [0.15, 0.2) is 70.8 Å². The Kier molecular flexibility index (Phi) is 5.73. The largest absolute Gasteiger partial charge is 0.320 e. The topological polar surface area (TPSA) is 91.3 Å². The number of nitrogens with zero attached hydrogens (tertiary/aromatic N) is 1. The molecule has 7 heteroatoms. The molecule has 0 bridgehead atoms. The summed E-state index contributed by atoms with van der Waals surface area (Å²) in [6.07, 6.45) is 7.42. The van der Waals surface area contributed by atoms with E-state index >= 15 is 0 Å². The number of hydrogen-bond donors (Lipinski definition) is 4. The van der Waals surface area contributed by atoms with Crippen molar-refractivity contribution in [2.75, 3.05) is 5.32 Å². The molecule has 2 amide bonds. The van der Waals surface area contributed by atoms with Crippen molar-refractivity contribution in [3.8, 4) is 0 Å². The highest BCUT2D eigenvalue weighted by Gasteiger charge is 2.19. The van der Waals surface area contributed by atoms with Crippen LogP contribution in [0.4, 0.5) is 5.69 Å². The number of pyridine rings is 1. The van der Waals surface area contributed by atoms with Gasteiger partial charge in [0, 0.05) is 28.6 Å². The maximum Gasteiger partial charge on any atom is 0.269 e. The van der Waals surface area contributed by atoms with Crippen LogP contribution < -0.4 is 10.8 Å². The van der Waals surface area contributed by atoms with Gasteiger partial charge in [0.2, 0.25) is 0 Å². The Balaban J connectivity index is 1.76. The van der Waals surface area contributed by atoms with E-state index in [1.54, 1.807) is 36.8 Å². The molecule has 27 heavy (non-hydrogen) atoms. The molecule has 1 aromatic heterocycles. The summed E-state index contributed by atoms with van der Waals surface area (Å²) in [6, 6.07) is 9.39. The van der Waals surface area contributed by atoms with Crippen LogP contribution in [0.25, 0.3) is 10.9 Å². The molecule has 1 heterocycles. The maximum atomic E-state index is 12.6. The number of aromatic nitrogens is 1. The van der Waals surface area contributed by atoms with Gasteiger partial charge in [-0.2, -0.15) is 0 Å². The first-order chi connectivity index (χ1) is 13.0. The Labute approximate surface area is 162 Å². The summed E-state index contributed by atoms with van der Waals surface area (Å²) in [4.78, 5) is 29.1. The van der Waals surface area contributed by atoms with Crippen LogP contribution >= 0.6 is 12.6 Å². The summed E-state index contributed by atoms with van der Waals surface area (Å²) < 4.78 is 0. The normalized spacial score (nSPS) is 17.1. The number of para-hydroxylation sites is 1. The SMILES string of the molecule is C/C(=C\C1CC=C(C(=O)Nc2cccc3cccnc23)C=C1S)C(=O)NO. The van der Waals surface area contributed by atoms with E-state index < -0.39 is 5.91 Å². The lowest BCUT2D eigenvalue weighted by Crippen LogP contribution is -2.20. The molecule has 0 aliphatic heterocycles. The third-order valence-corrected chi connectivity index (χ3v) is 4.79. The molecule has 0 saturated heterocycles. The van der Waals surface area contributed by atoms with E-state index in [2.05, 4.69) is 22.9 Å². The smallest absolute Gasteiger partial charge is 0.269 e. The minimum atomic E-state index is -0.563. The third kappa shape index (κ3) is 4.27. The Bertz CT molecular complexity index is 990. The highest BCUT2D eigenvalue weighted by Crippen LogP contribution is 2.30. The Hall–Kier alpha value is -2.90. The van der Waals surface area contributed by atoms with E-state index in [1.165, 1.54) is 0 Å². The molecular formula is C20H19N3O3S. The first kappa shape index (κ1) is 18.9. The number of hydroxylamine groups is 1. The number of rotatable bonds is 4. The molecule has 0 spiro atoms. The number of thiol groups is 1. The molecular weight excluding hydrogens is 362 g/mol. The molecule has 3 N–H and O–H groups in total. The second-order valence-corrected chi connectivity index (χ2v) is 6.71. The Morgan fingerprint density at radius 2 is 2.07 bits per heavy atom. The number of hydrogen-bond acceptors (Lipinski definition) is 5. The van der Waals surface area contributed by atoms with Crippen LogP contribution in [0.2, 0.25) is 0 Å². The quantitative estimate of drug-likeness (QED) is 0.283. The van der Waals surface area contributed by atoms with Gasteiger partial charge in [-0.3, -0.25) is 19.8 Å². The van der Waals surface area contributed by atoms with E-state index in [1.807, 2.05) is 30.3 Å². The molecule has 0 radical (unpaired) electrons. The number of amides is 2. The van der Waals surface area contributed by atoms with E-state index in [4.69, 9.17) is 5.21 Å². The monoisotopic (exact) mass is 381 g/mol. The fourth-order valence-corrected chi connectivity index (χ4v) is 3.20. The van der Waals surface area contributed by atoms with Crippen molar-refractivity contribution in [2.45, 2.75) is 13.3 Å². The Morgan fingerprint density at radius 3 is 2.81 bits per heavy atom. The van der Waals surface area contributed by atoms with Gasteiger partial charge in [-0.25, -0.2) is 5.48 Å². The van der Waals surface area contributed by atoms with Crippen molar-refractivity contribution in [1.29, 1.82) is 0 Å². The van der Waals surface area contributed by atoms with Crippen LogP contribution in [0.1, 0.15) is 13.3 Å². The van der Waals surface area contributed by atoms with Gasteiger partial charge in [0.1, 0.15) is 0 Å². The van der Waals surface area contributed by atoms with Gasteiger partial charge in [-0.1, -0.05) is 30.4 Å². The number of anilines is 1. The zero-order valence-corrected chi connectivity index (χ0v) is 15.5. The molecule has 1 aliphatic rings. The molecule has 1 aromatic carbocycles. The molecule has 1 atom stereocenters. The fraction of sp³-hybridized carbons (Fsp3) is 0.150. The first-order valence-corrected chi connectivity index (χ1v) is 8.83. The summed E-state index contributed by atoms with van der Waals surface area (Å²) in [5, 5.41) is 12.5. The predicted octanol–water partition coefficient (Wildman–Crippen LogP) is 3.39. The fourth-order valence-electron chi connectivity index (χ4n) is 2.88. The van der Waals surface area contributed by atoms with Crippen LogP contribution in [-0.2, 0) is 9.59 Å². The van der Waals surface area contributed by atoms with Crippen molar-refractivity contribution in [3.63, 3.8) is 0 Å². The summed E-state index contributed by atoms with van der Waals surface area (Å²) >= 11 is 4.46. The minimum Gasteiger partial charge on any atom is -0.320 e. The number of carbonyl (C=O) groups excluding carboxylic acids is 2. The van der Waals surface area contributed by atoms with Crippen molar-refractivity contribution in [2.24, 2.45) is 5.92 Å². The van der Waals surface area contributed by atoms with E-state index in [9.17, 15) is 9.59 Å². The predicted molar refractivity (Wildman–Crippen MR) is 107 cm³/mol. The van der Waals surface area contributed by atoms with Crippen molar-refractivity contribution in [3.05, 3.63) is 70.8 Å². The standard InChI is InChI=1S/C20H19N3O3S/c1-12(19(24)23-26)10-14-7-8-15(11-17(14)27)20(25)22-16-6-2-4-13-5-3-9-21-18(13)16/h2-6,8-11,14,26-27H,7H2,1H3,(H,22,25)(H,23,24)/b12-10+. The summed E-state index contributed by atoms with van der Waals surface area (Å²) in [5.74, 6) is -0.930. The molecule has 2 aromatic rings. The van der Waals surface area contributed by atoms with E-state index in [-0.39, 0.29) is 11.8 Å². The van der Waals surface area contributed by atoms with Crippen molar-refractivity contribution >= 4 is 41.0 Å². The average molecular weight is 381 g/mol. The molecule has 138 valence electrons. The number of carbonyl (C=O) groups is 2. The molecule has 0 saturated carbocycles. The van der Waals surface area contributed by atoms with Gasteiger partial charge >= 0.3 is 0 Å². The molecule has 3 rings (SSSR count). The molecule has 6 nitrogen and oxygen atoms in total. The van der Waals surface area contributed by atoms with E-state index in [0.29, 0.717) is 28.2 Å². The highest BCUT2D eigenvalue weighted by atomic mass is 32.1. The van der Waals surface area contributed by atoms with E-state index in [0.717, 1.165) is 10.9 Å². The summed E-state index contributed by atoms with van der Waals surface area (Å²) in [6.45, 7) is 1.60. The highest BCUT2D eigenvalue weighted by molar-refractivity contribution is 7.84. The van der Waals surface area contributed by atoms with Gasteiger partial charge in [0.15, 0.2) is 0 Å². The number of nitrogens with one attached hydrogen (secondary N) is 2. The van der Waals surface area contributed by atoms with Crippen LogP contribution in [0.5, 0.6) is 0 Å². The zero-order chi connectivity index (χ0) is 19.4. The molecule has 0 fully saturated rings. The summed E-state index contributed by atoms with van der Waals surface area (Å²) in [5.41, 5.74) is 3.85. The second kappa shape index (κ2) is 8.20. The maximum absolute atomic E-state index is 12.6. The minimum absolute atomic E-state index is 0.124. The van der Waals surface area contributed by atoms with Crippen molar-refractivity contribution in [1.82, 2.24) is 10.5 Å². The van der Waals surface area contributed by atoms with Gasteiger partial charge < -0.3 is 5.32 Å². The molecule has 1 aliphatic carbocycles. The first-order valence-electron chi connectivity index (χ1n) is 8.38. The number of benzene rings is 1. The van der Waals surface area contributed by atoms with Crippen LogP contribution in [0.3, 0.4) is 0 Å². The average Bonchev–Trinajstić information content (AvgIpc) is 2.69. The summed E-state index contributed by atoms with van der Waals surface area (Å²) in [7, 11) is 0. The number of allylic oxidation sites excluding steroid dienone is 3. The third-order valence-electron chi connectivity index (χ3n) is 4.33. The lowest BCUT2D eigenvalue weighted by Gasteiger charge is -2.18. The lowest BCUT2D eigenvalue weighted by atomic mass is 9.94. The van der Waals surface area contributed by atoms with Gasteiger partial charge in [0.05, 0.1) is 11.2 Å². The second-order valence-electron chi connectivity index (χ2n) is 6.20. The van der Waals surface area contributed by atoms with Gasteiger partial charge in [0.25, 0.3) is 11.8 Å². The van der Waals surface area contributed by atoms with Crippen LogP contribution in [-0.4, -0.2) is 22.0 Å². The number of fused-ring (bicyclic) bond motifs is 1. The van der Waals surface area contributed by atoms with Gasteiger partial charge in [-0.15, -0.1) is 12.6 Å². The lowest BCUT2D eigenvalue weighted by molar-refractivity contribution is -0.125. The Morgan fingerprint density at radius 1 is 1.30 bits per heavy atom.